The average Bonchev–Trinajstić information content (AvgIpc) is 3.40. The number of thiophene rings is 1. The van der Waals surface area contributed by atoms with Crippen molar-refractivity contribution in [3.63, 3.8) is 0 Å². The van der Waals surface area contributed by atoms with Crippen molar-refractivity contribution >= 4 is 37.7 Å². The van der Waals surface area contributed by atoms with Crippen molar-refractivity contribution in [1.29, 1.82) is 5.41 Å². The standard InChI is InChI=1S/C37H25NS/c38-24-30-15-8-16-36-37(30)34-23-29(17-18-35(34)39-36)27-13-7-14-28(19-27)33-21-31(25-9-3-1-4-10-25)20-32(22-33)26-11-5-2-6-12-26/h1-24,38H. The minimum absolute atomic E-state index is 0.968. The maximum Gasteiger partial charge on any atom is 0.0361 e. The van der Waals surface area contributed by atoms with Crippen LogP contribution in [0.3, 0.4) is 0 Å². The highest BCUT2D eigenvalue weighted by atomic mass is 32.1. The minimum Gasteiger partial charge on any atom is -0.308 e. The summed E-state index contributed by atoms with van der Waals surface area (Å²) in [4.78, 5) is 0. The van der Waals surface area contributed by atoms with Crippen LogP contribution in [0.1, 0.15) is 5.56 Å². The first-order chi connectivity index (χ1) is 19.3. The van der Waals surface area contributed by atoms with Crippen LogP contribution in [0.25, 0.3) is 64.7 Å². The zero-order valence-corrected chi connectivity index (χ0v) is 22.1. The minimum atomic E-state index is 0.968. The molecule has 0 spiro atoms. The van der Waals surface area contributed by atoms with Crippen LogP contribution in [-0.4, -0.2) is 6.21 Å². The lowest BCUT2D eigenvalue weighted by atomic mass is 9.92. The maximum absolute atomic E-state index is 7.92. The molecule has 1 heterocycles. The van der Waals surface area contributed by atoms with Crippen LogP contribution in [0.2, 0.25) is 0 Å². The highest BCUT2D eigenvalue weighted by molar-refractivity contribution is 7.25. The Morgan fingerprint density at radius 2 is 0.923 bits per heavy atom. The fourth-order valence-electron chi connectivity index (χ4n) is 5.42. The molecule has 0 aliphatic heterocycles. The third-order valence-corrected chi connectivity index (χ3v) is 8.50. The molecule has 0 amide bonds. The molecule has 39 heavy (non-hydrogen) atoms. The first-order valence-electron chi connectivity index (χ1n) is 13.1. The molecule has 184 valence electrons. The molecule has 6 aromatic carbocycles. The van der Waals surface area contributed by atoms with E-state index < -0.39 is 0 Å². The van der Waals surface area contributed by atoms with E-state index >= 15 is 0 Å². The van der Waals surface area contributed by atoms with E-state index in [0.29, 0.717) is 0 Å². The van der Waals surface area contributed by atoms with Gasteiger partial charge in [0.1, 0.15) is 0 Å². The molecule has 0 aliphatic carbocycles. The Hall–Kier alpha value is -4.79. The molecule has 0 bridgehead atoms. The van der Waals surface area contributed by atoms with E-state index in [9.17, 15) is 0 Å². The zero-order valence-electron chi connectivity index (χ0n) is 21.3. The van der Waals surface area contributed by atoms with Crippen LogP contribution in [0.15, 0.2) is 140 Å². The Kier molecular flexibility index (Phi) is 5.88. The average molecular weight is 516 g/mol. The van der Waals surface area contributed by atoms with Crippen molar-refractivity contribution in [3.05, 3.63) is 145 Å². The summed E-state index contributed by atoms with van der Waals surface area (Å²) in [5.41, 5.74) is 10.6. The second kappa shape index (κ2) is 9.83. The summed E-state index contributed by atoms with van der Waals surface area (Å²) in [7, 11) is 0. The molecule has 0 unspecified atom stereocenters. The van der Waals surface area contributed by atoms with E-state index in [1.54, 1.807) is 11.3 Å². The van der Waals surface area contributed by atoms with Gasteiger partial charge in [0.15, 0.2) is 0 Å². The van der Waals surface area contributed by atoms with Gasteiger partial charge < -0.3 is 5.41 Å². The van der Waals surface area contributed by atoms with Gasteiger partial charge in [0.25, 0.3) is 0 Å². The molecule has 0 aliphatic rings. The Bertz CT molecular complexity index is 1910. The molecule has 1 nitrogen and oxygen atoms in total. The van der Waals surface area contributed by atoms with Gasteiger partial charge in [-0.05, 0) is 87.0 Å². The topological polar surface area (TPSA) is 23.9 Å². The van der Waals surface area contributed by atoms with Crippen LogP contribution in [0.5, 0.6) is 0 Å². The molecular formula is C37H25NS. The second-order valence-corrected chi connectivity index (χ2v) is 10.9. The molecule has 0 saturated carbocycles. The normalized spacial score (nSPS) is 11.2. The highest BCUT2D eigenvalue weighted by Crippen LogP contribution is 2.39. The van der Waals surface area contributed by atoms with Crippen LogP contribution in [0.4, 0.5) is 0 Å². The number of rotatable bonds is 5. The molecule has 0 atom stereocenters. The van der Waals surface area contributed by atoms with Gasteiger partial charge in [-0.1, -0.05) is 97.1 Å². The van der Waals surface area contributed by atoms with Crippen molar-refractivity contribution in [1.82, 2.24) is 0 Å². The Balaban J connectivity index is 1.37. The van der Waals surface area contributed by atoms with Crippen molar-refractivity contribution in [2.75, 3.05) is 0 Å². The van der Waals surface area contributed by atoms with E-state index in [4.69, 9.17) is 5.41 Å². The third kappa shape index (κ3) is 4.35. The number of nitrogens with one attached hydrogen (secondary N) is 1. The Morgan fingerprint density at radius 3 is 1.56 bits per heavy atom. The predicted molar refractivity (Wildman–Crippen MR) is 169 cm³/mol. The molecule has 0 fully saturated rings. The monoisotopic (exact) mass is 515 g/mol. The van der Waals surface area contributed by atoms with Crippen molar-refractivity contribution in [2.24, 2.45) is 0 Å². The fraction of sp³-hybridized carbons (Fsp3) is 0. The molecule has 7 rings (SSSR count). The van der Waals surface area contributed by atoms with Gasteiger partial charge in [-0.25, -0.2) is 0 Å². The SMILES string of the molecule is N=Cc1cccc2sc3ccc(-c4cccc(-c5cc(-c6ccccc6)cc(-c6ccccc6)c5)c4)cc3c12. The van der Waals surface area contributed by atoms with E-state index in [2.05, 4.69) is 127 Å². The molecule has 0 radical (unpaired) electrons. The quantitative estimate of drug-likeness (QED) is 0.220. The van der Waals surface area contributed by atoms with Gasteiger partial charge >= 0.3 is 0 Å². The number of hydrogen-bond acceptors (Lipinski definition) is 2. The smallest absolute Gasteiger partial charge is 0.0361 e. The molecular weight excluding hydrogens is 490 g/mol. The van der Waals surface area contributed by atoms with Crippen molar-refractivity contribution in [2.45, 2.75) is 0 Å². The van der Waals surface area contributed by atoms with Gasteiger partial charge in [0.2, 0.25) is 0 Å². The lowest BCUT2D eigenvalue weighted by Gasteiger charge is -2.12. The number of hydrogen-bond donors (Lipinski definition) is 1. The lowest BCUT2D eigenvalue weighted by Crippen LogP contribution is -1.87. The van der Waals surface area contributed by atoms with Gasteiger partial charge in [-0.3, -0.25) is 0 Å². The summed E-state index contributed by atoms with van der Waals surface area (Å²) >= 11 is 1.79. The Morgan fingerprint density at radius 1 is 0.410 bits per heavy atom. The summed E-state index contributed by atoms with van der Waals surface area (Å²) in [5.74, 6) is 0. The van der Waals surface area contributed by atoms with Crippen LogP contribution in [-0.2, 0) is 0 Å². The van der Waals surface area contributed by atoms with Crippen molar-refractivity contribution in [3.8, 4) is 44.5 Å². The summed E-state index contributed by atoms with van der Waals surface area (Å²) in [6, 6.07) is 49.9. The molecule has 1 N–H and O–H groups in total. The zero-order chi connectivity index (χ0) is 26.2. The van der Waals surface area contributed by atoms with E-state index in [1.807, 2.05) is 12.1 Å². The summed E-state index contributed by atoms with van der Waals surface area (Å²) in [6.07, 6.45) is 1.46. The number of benzene rings is 6. The molecule has 1 aromatic heterocycles. The first kappa shape index (κ1) is 23.3. The third-order valence-electron chi connectivity index (χ3n) is 7.36. The highest BCUT2D eigenvalue weighted by Gasteiger charge is 2.12. The number of fused-ring (bicyclic) bond motifs is 3. The maximum atomic E-state index is 7.92. The second-order valence-electron chi connectivity index (χ2n) is 9.79. The largest absolute Gasteiger partial charge is 0.308 e. The molecule has 0 saturated heterocycles. The van der Waals surface area contributed by atoms with Gasteiger partial charge in [0, 0.05) is 32.0 Å². The first-order valence-corrected chi connectivity index (χ1v) is 13.9. The summed E-state index contributed by atoms with van der Waals surface area (Å²) in [6.45, 7) is 0. The summed E-state index contributed by atoms with van der Waals surface area (Å²) < 4.78 is 2.48. The van der Waals surface area contributed by atoms with Gasteiger partial charge in [0.05, 0.1) is 0 Å². The molecule has 7 aromatic rings. The predicted octanol–water partition coefficient (Wildman–Crippen LogP) is 10.7. The van der Waals surface area contributed by atoms with E-state index in [1.165, 1.54) is 70.9 Å². The van der Waals surface area contributed by atoms with E-state index in [0.717, 1.165) is 5.56 Å². The van der Waals surface area contributed by atoms with Crippen LogP contribution in [0, 0.1) is 5.41 Å². The van der Waals surface area contributed by atoms with E-state index in [-0.39, 0.29) is 0 Å². The van der Waals surface area contributed by atoms with Crippen LogP contribution < -0.4 is 0 Å². The fourth-order valence-corrected chi connectivity index (χ4v) is 6.54. The molecule has 2 heteroatoms. The van der Waals surface area contributed by atoms with Crippen LogP contribution >= 0.6 is 11.3 Å². The summed E-state index contributed by atoms with van der Waals surface area (Å²) in [5, 5.41) is 10.3. The van der Waals surface area contributed by atoms with Gasteiger partial charge in [-0.15, -0.1) is 11.3 Å². The van der Waals surface area contributed by atoms with Crippen molar-refractivity contribution < 1.29 is 0 Å². The lowest BCUT2D eigenvalue weighted by molar-refractivity contribution is 1.56. The Labute approximate surface area is 232 Å². The van der Waals surface area contributed by atoms with Gasteiger partial charge in [-0.2, -0.15) is 0 Å².